The number of rotatable bonds is 2. The molecule has 0 radical (unpaired) electrons. The lowest BCUT2D eigenvalue weighted by molar-refractivity contribution is 0.0735. The Kier molecular flexibility index (Phi) is 3.95. The molecule has 3 rings (SSSR count). The van der Waals surface area contributed by atoms with E-state index in [4.69, 9.17) is 16.3 Å². The van der Waals surface area contributed by atoms with Gasteiger partial charge in [0.05, 0.1) is 10.6 Å². The topological polar surface area (TPSA) is 26.3 Å². The summed E-state index contributed by atoms with van der Waals surface area (Å²) in [6.45, 7) is 0. The summed E-state index contributed by atoms with van der Waals surface area (Å²) in [5, 5.41) is 2.48. The highest BCUT2D eigenvalue weighted by molar-refractivity contribution is 9.10. The van der Waals surface area contributed by atoms with E-state index in [9.17, 15) is 4.79 Å². The Morgan fingerprint density at radius 1 is 0.952 bits per heavy atom. The van der Waals surface area contributed by atoms with Crippen LogP contribution in [0.4, 0.5) is 0 Å². The third-order valence-electron chi connectivity index (χ3n) is 3.08. The Hall–Kier alpha value is -1.84. The van der Waals surface area contributed by atoms with Crippen LogP contribution in [0.5, 0.6) is 5.75 Å². The molecule has 0 heterocycles. The molecular weight excluding hydrogens is 352 g/mol. The Morgan fingerprint density at radius 2 is 1.71 bits per heavy atom. The molecule has 2 nitrogen and oxygen atoms in total. The lowest BCUT2D eigenvalue weighted by atomic mass is 10.1. The summed E-state index contributed by atoms with van der Waals surface area (Å²) < 4.78 is 6.18. The van der Waals surface area contributed by atoms with Crippen LogP contribution in [-0.4, -0.2) is 5.97 Å². The second-order valence-corrected chi connectivity index (χ2v) is 5.85. The highest BCUT2D eigenvalue weighted by Gasteiger charge is 2.13. The van der Waals surface area contributed by atoms with Crippen LogP contribution in [0.2, 0.25) is 5.02 Å². The SMILES string of the molecule is O=C(Oc1ccc2ccccc2c1)c1cc(Br)ccc1Cl. The van der Waals surface area contributed by atoms with E-state index in [1.807, 2.05) is 36.4 Å². The van der Waals surface area contributed by atoms with Gasteiger partial charge in [-0.15, -0.1) is 0 Å². The summed E-state index contributed by atoms with van der Waals surface area (Å²) in [5.41, 5.74) is 0.333. The van der Waals surface area contributed by atoms with E-state index in [0.29, 0.717) is 16.3 Å². The van der Waals surface area contributed by atoms with E-state index in [1.165, 1.54) is 0 Å². The number of ether oxygens (including phenoxy) is 1. The zero-order valence-corrected chi connectivity index (χ0v) is 13.2. The summed E-state index contributed by atoms with van der Waals surface area (Å²) in [6.07, 6.45) is 0. The van der Waals surface area contributed by atoms with Crippen molar-refractivity contribution in [3.8, 4) is 5.75 Å². The van der Waals surface area contributed by atoms with E-state index in [0.717, 1.165) is 15.2 Å². The zero-order chi connectivity index (χ0) is 14.8. The van der Waals surface area contributed by atoms with Crippen LogP contribution in [0.1, 0.15) is 10.4 Å². The molecule has 3 aromatic carbocycles. The Bertz CT molecular complexity index is 830. The van der Waals surface area contributed by atoms with Crippen molar-refractivity contribution in [3.05, 3.63) is 75.7 Å². The number of carbonyl (C=O) groups excluding carboxylic acids is 1. The van der Waals surface area contributed by atoms with Crippen LogP contribution in [0.3, 0.4) is 0 Å². The lowest BCUT2D eigenvalue weighted by Crippen LogP contribution is -2.09. The van der Waals surface area contributed by atoms with Crippen molar-refractivity contribution in [2.45, 2.75) is 0 Å². The smallest absolute Gasteiger partial charge is 0.345 e. The van der Waals surface area contributed by atoms with Crippen molar-refractivity contribution in [2.75, 3.05) is 0 Å². The Morgan fingerprint density at radius 3 is 2.52 bits per heavy atom. The van der Waals surface area contributed by atoms with E-state index < -0.39 is 5.97 Å². The maximum absolute atomic E-state index is 12.2. The average Bonchev–Trinajstić information content (AvgIpc) is 2.49. The van der Waals surface area contributed by atoms with Crippen molar-refractivity contribution in [1.82, 2.24) is 0 Å². The normalized spacial score (nSPS) is 10.6. The minimum atomic E-state index is -0.475. The third kappa shape index (κ3) is 3.09. The van der Waals surface area contributed by atoms with E-state index in [1.54, 1.807) is 24.3 Å². The van der Waals surface area contributed by atoms with Crippen LogP contribution in [0.25, 0.3) is 10.8 Å². The zero-order valence-electron chi connectivity index (χ0n) is 10.8. The summed E-state index contributed by atoms with van der Waals surface area (Å²) in [5.74, 6) is 0.0197. The van der Waals surface area contributed by atoms with Gasteiger partial charge in [0, 0.05) is 4.47 Å². The number of hydrogen-bond acceptors (Lipinski definition) is 2. The minimum absolute atomic E-state index is 0.333. The summed E-state index contributed by atoms with van der Waals surface area (Å²) in [7, 11) is 0. The number of halogens is 2. The van der Waals surface area contributed by atoms with Crippen molar-refractivity contribution in [1.29, 1.82) is 0 Å². The van der Waals surface area contributed by atoms with Gasteiger partial charge in [-0.2, -0.15) is 0 Å². The van der Waals surface area contributed by atoms with E-state index in [-0.39, 0.29) is 0 Å². The number of carbonyl (C=O) groups is 1. The van der Waals surface area contributed by atoms with Crippen LogP contribution in [0, 0.1) is 0 Å². The fourth-order valence-electron chi connectivity index (χ4n) is 2.05. The number of esters is 1. The van der Waals surface area contributed by atoms with Crippen LogP contribution < -0.4 is 4.74 Å². The third-order valence-corrected chi connectivity index (χ3v) is 3.90. The Balaban J connectivity index is 1.90. The van der Waals surface area contributed by atoms with Crippen LogP contribution >= 0.6 is 27.5 Å². The fourth-order valence-corrected chi connectivity index (χ4v) is 2.60. The van der Waals surface area contributed by atoms with Gasteiger partial charge in [0.25, 0.3) is 0 Å². The van der Waals surface area contributed by atoms with E-state index >= 15 is 0 Å². The molecule has 0 aromatic heterocycles. The monoisotopic (exact) mass is 360 g/mol. The first kappa shape index (κ1) is 14.1. The number of benzene rings is 3. The molecule has 0 saturated carbocycles. The molecular formula is C17H10BrClO2. The van der Waals surface area contributed by atoms with Gasteiger partial charge in [0.15, 0.2) is 0 Å². The molecule has 104 valence electrons. The predicted octanol–water partition coefficient (Wildman–Crippen LogP) is 5.47. The van der Waals surface area contributed by atoms with Gasteiger partial charge in [-0.1, -0.05) is 57.9 Å². The van der Waals surface area contributed by atoms with Gasteiger partial charge >= 0.3 is 5.97 Å². The molecule has 0 aliphatic rings. The van der Waals surface area contributed by atoms with Crippen molar-refractivity contribution in [3.63, 3.8) is 0 Å². The molecule has 0 atom stereocenters. The lowest BCUT2D eigenvalue weighted by Gasteiger charge is -2.07. The molecule has 4 heteroatoms. The first-order valence-electron chi connectivity index (χ1n) is 6.29. The van der Waals surface area contributed by atoms with Crippen molar-refractivity contribution < 1.29 is 9.53 Å². The maximum Gasteiger partial charge on any atom is 0.345 e. The first-order valence-corrected chi connectivity index (χ1v) is 7.46. The van der Waals surface area contributed by atoms with Gasteiger partial charge in [-0.05, 0) is 41.1 Å². The fraction of sp³-hybridized carbons (Fsp3) is 0. The molecule has 0 N–H and O–H groups in total. The van der Waals surface area contributed by atoms with Crippen LogP contribution in [-0.2, 0) is 0 Å². The Labute approximate surface area is 135 Å². The molecule has 21 heavy (non-hydrogen) atoms. The predicted molar refractivity (Wildman–Crippen MR) is 88.1 cm³/mol. The second kappa shape index (κ2) is 5.88. The first-order chi connectivity index (χ1) is 10.1. The molecule has 0 bridgehead atoms. The minimum Gasteiger partial charge on any atom is -0.423 e. The molecule has 3 aromatic rings. The maximum atomic E-state index is 12.2. The van der Waals surface area contributed by atoms with Gasteiger partial charge in [0.1, 0.15) is 5.75 Å². The van der Waals surface area contributed by atoms with E-state index in [2.05, 4.69) is 15.9 Å². The van der Waals surface area contributed by atoms with Gasteiger partial charge < -0.3 is 4.74 Å². The molecule has 0 fully saturated rings. The molecule has 0 spiro atoms. The van der Waals surface area contributed by atoms with Crippen molar-refractivity contribution in [2.24, 2.45) is 0 Å². The highest BCUT2D eigenvalue weighted by Crippen LogP contribution is 2.25. The van der Waals surface area contributed by atoms with Crippen LogP contribution in [0.15, 0.2) is 65.1 Å². The summed E-state index contributed by atoms with van der Waals surface area (Å²) in [6, 6.07) is 18.5. The van der Waals surface area contributed by atoms with Gasteiger partial charge in [-0.25, -0.2) is 4.79 Å². The molecule has 0 unspecified atom stereocenters. The molecule has 0 aliphatic heterocycles. The summed E-state index contributed by atoms with van der Waals surface area (Å²) in [4.78, 5) is 12.2. The highest BCUT2D eigenvalue weighted by atomic mass is 79.9. The second-order valence-electron chi connectivity index (χ2n) is 4.52. The molecule has 0 saturated heterocycles. The van der Waals surface area contributed by atoms with Gasteiger partial charge in [0.2, 0.25) is 0 Å². The molecule has 0 amide bonds. The standard InChI is InChI=1S/C17H10BrClO2/c18-13-6-8-16(19)15(10-13)17(20)21-14-7-5-11-3-1-2-4-12(11)9-14/h1-10H. The number of hydrogen-bond donors (Lipinski definition) is 0. The largest absolute Gasteiger partial charge is 0.423 e. The number of fused-ring (bicyclic) bond motifs is 1. The quantitative estimate of drug-likeness (QED) is 0.446. The summed E-state index contributed by atoms with van der Waals surface area (Å²) >= 11 is 9.35. The van der Waals surface area contributed by atoms with Gasteiger partial charge in [-0.3, -0.25) is 0 Å². The van der Waals surface area contributed by atoms with Crippen molar-refractivity contribution >= 4 is 44.3 Å². The average molecular weight is 362 g/mol. The molecule has 0 aliphatic carbocycles.